The summed E-state index contributed by atoms with van der Waals surface area (Å²) in [7, 11) is 0. The van der Waals surface area contributed by atoms with Crippen molar-refractivity contribution in [2.75, 3.05) is 64.3 Å². The average molecular weight is 700 g/mol. The van der Waals surface area contributed by atoms with Crippen LogP contribution in [0.1, 0.15) is 36.5 Å². The Hall–Kier alpha value is -5.25. The van der Waals surface area contributed by atoms with Gasteiger partial charge in [0.2, 0.25) is 5.43 Å². The van der Waals surface area contributed by atoms with Gasteiger partial charge in [-0.3, -0.25) is 29.5 Å². The van der Waals surface area contributed by atoms with E-state index in [1.807, 2.05) is 0 Å². The zero-order valence-corrected chi connectivity index (χ0v) is 28.1. The van der Waals surface area contributed by atoms with Crippen molar-refractivity contribution in [2.45, 2.75) is 32.2 Å². The molecule has 3 aromatic carbocycles. The number of nitro groups is 1. The fourth-order valence-corrected chi connectivity index (χ4v) is 7.30. The maximum absolute atomic E-state index is 16.0. The summed E-state index contributed by atoms with van der Waals surface area (Å²) in [6, 6.07) is 9.23. The second kappa shape index (κ2) is 13.5. The molecule has 6 aromatic rings. The Bertz CT molecular complexity index is 2410. The van der Waals surface area contributed by atoms with Crippen molar-refractivity contribution >= 4 is 67.1 Å². The van der Waals surface area contributed by atoms with E-state index >= 15 is 4.39 Å². The summed E-state index contributed by atoms with van der Waals surface area (Å²) in [5.74, 6) is -1.24. The van der Waals surface area contributed by atoms with E-state index in [0.717, 1.165) is 45.1 Å². The number of hydrogen-bond acceptors (Lipinski definition) is 10. The predicted octanol–water partition coefficient (Wildman–Crippen LogP) is 5.38. The van der Waals surface area contributed by atoms with E-state index in [0.29, 0.717) is 78.5 Å². The van der Waals surface area contributed by atoms with E-state index in [1.54, 1.807) is 22.6 Å². The standard InChI is InChI=1S/C36H38FN7O7/c1-21-4-2-10-42(21)11-8-38-32-25(37)17-23-33-35(32)51-31-18-27-30(50-29-16-22(44(47)48)5-6-26(29)40-27)19-28(31)43(33)20-24(34(23)45)36(46)39-7-3-9-41-12-14-49-15-13-41/h5-6,16-21,38,40H,2-4,7-15H2,1H3,(H,39,46). The minimum Gasteiger partial charge on any atom is -0.453 e. The van der Waals surface area contributed by atoms with Crippen molar-refractivity contribution in [1.82, 2.24) is 24.5 Å². The number of aromatic amines is 1. The van der Waals surface area contributed by atoms with Crippen LogP contribution in [0.4, 0.5) is 15.8 Å². The van der Waals surface area contributed by atoms with Crippen LogP contribution in [-0.4, -0.2) is 95.1 Å². The summed E-state index contributed by atoms with van der Waals surface area (Å²) >= 11 is 0. The molecule has 5 heterocycles. The Balaban J connectivity index is 1.24. The molecule has 2 aliphatic rings. The first-order chi connectivity index (χ1) is 24.7. The second-order valence-electron chi connectivity index (χ2n) is 13.3. The Morgan fingerprint density at radius 3 is 2.65 bits per heavy atom. The normalized spacial score (nSPS) is 17.3. The molecule has 3 aromatic heterocycles. The van der Waals surface area contributed by atoms with Gasteiger partial charge in [0.25, 0.3) is 11.6 Å². The van der Waals surface area contributed by atoms with Crippen molar-refractivity contribution < 1.29 is 27.7 Å². The second-order valence-corrected chi connectivity index (χ2v) is 13.3. The third kappa shape index (κ3) is 6.21. The van der Waals surface area contributed by atoms with Gasteiger partial charge in [-0.25, -0.2) is 4.39 Å². The van der Waals surface area contributed by atoms with Crippen LogP contribution in [0.5, 0.6) is 0 Å². The van der Waals surface area contributed by atoms with E-state index < -0.39 is 22.1 Å². The number of nitro benzene ring substituents is 1. The predicted molar refractivity (Wildman–Crippen MR) is 191 cm³/mol. The number of hydrogen-bond donors (Lipinski definition) is 3. The molecule has 1 atom stereocenters. The van der Waals surface area contributed by atoms with Crippen LogP contribution in [0.2, 0.25) is 0 Å². The molecule has 0 saturated carbocycles. The summed E-state index contributed by atoms with van der Waals surface area (Å²) in [4.78, 5) is 46.2. The van der Waals surface area contributed by atoms with Gasteiger partial charge in [0.1, 0.15) is 16.8 Å². The molecule has 51 heavy (non-hydrogen) atoms. The highest BCUT2D eigenvalue weighted by Crippen LogP contribution is 2.35. The number of anilines is 1. The fraction of sp³-hybridized carbons (Fsp3) is 0.389. The number of aromatic nitrogens is 2. The van der Waals surface area contributed by atoms with E-state index in [4.69, 9.17) is 13.6 Å². The third-order valence-corrected chi connectivity index (χ3v) is 10.1. The molecule has 0 bridgehead atoms. The first-order valence-corrected chi connectivity index (χ1v) is 17.3. The summed E-state index contributed by atoms with van der Waals surface area (Å²) in [5.41, 5.74) is 2.07. The van der Waals surface area contributed by atoms with E-state index in [2.05, 4.69) is 32.3 Å². The number of H-pyrrole nitrogens is 1. The van der Waals surface area contributed by atoms with E-state index in [-0.39, 0.29) is 33.5 Å². The number of fused-ring (bicyclic) bond motifs is 4. The summed E-state index contributed by atoms with van der Waals surface area (Å²) in [6.45, 7) is 8.47. The molecule has 0 aliphatic carbocycles. The van der Waals surface area contributed by atoms with Crippen molar-refractivity contribution in [1.29, 1.82) is 0 Å². The quantitative estimate of drug-likeness (QED) is 0.0556. The number of amides is 1. The first-order valence-electron chi connectivity index (χ1n) is 17.3. The number of likely N-dealkylation sites (tertiary alicyclic amines) is 1. The Morgan fingerprint density at radius 1 is 1.04 bits per heavy atom. The molecule has 15 heteroatoms. The van der Waals surface area contributed by atoms with Crippen molar-refractivity contribution in [3.8, 4) is 0 Å². The fourth-order valence-electron chi connectivity index (χ4n) is 7.30. The topological polar surface area (TPSA) is 164 Å². The number of carbonyl (C=O) groups excluding carboxylic acids is 1. The highest BCUT2D eigenvalue weighted by atomic mass is 19.1. The van der Waals surface area contributed by atoms with Gasteiger partial charge in [-0.1, -0.05) is 0 Å². The third-order valence-electron chi connectivity index (χ3n) is 10.1. The molecule has 3 N–H and O–H groups in total. The number of ether oxygens (including phenoxy) is 1. The van der Waals surface area contributed by atoms with Crippen LogP contribution in [-0.2, 0) is 4.74 Å². The largest absolute Gasteiger partial charge is 0.453 e. The minimum atomic E-state index is -0.669. The molecule has 2 fully saturated rings. The Kier molecular flexibility index (Phi) is 8.69. The van der Waals surface area contributed by atoms with Crippen LogP contribution in [0, 0.1) is 15.9 Å². The highest BCUT2D eigenvalue weighted by molar-refractivity contribution is 6.07. The highest BCUT2D eigenvalue weighted by Gasteiger charge is 2.25. The lowest BCUT2D eigenvalue weighted by Gasteiger charge is -2.26. The smallest absolute Gasteiger partial charge is 0.273 e. The van der Waals surface area contributed by atoms with Gasteiger partial charge in [0, 0.05) is 63.2 Å². The number of nitrogens with one attached hydrogen (secondary N) is 3. The number of rotatable bonds is 10. The molecule has 0 spiro atoms. The van der Waals surface area contributed by atoms with Crippen molar-refractivity contribution in [3.05, 3.63) is 74.3 Å². The van der Waals surface area contributed by atoms with Crippen LogP contribution >= 0.6 is 0 Å². The number of pyridine rings is 1. The maximum Gasteiger partial charge on any atom is 0.273 e. The SMILES string of the molecule is CC1CCCN1CCNc1c(F)cc2c(=O)c(C(=O)NCCCN3CCOCC3)cn3c4cc5oc6cc([N+](=O)[O-])ccc6[nH]c5cc4oc1c23. The van der Waals surface area contributed by atoms with Crippen LogP contribution < -0.4 is 16.1 Å². The lowest BCUT2D eigenvalue weighted by molar-refractivity contribution is -0.384. The number of non-ortho nitro benzene ring substituents is 1. The van der Waals surface area contributed by atoms with Crippen LogP contribution in [0.25, 0.3) is 49.8 Å². The van der Waals surface area contributed by atoms with E-state index in [1.165, 1.54) is 18.3 Å². The Morgan fingerprint density at radius 2 is 1.86 bits per heavy atom. The number of halogens is 1. The lowest BCUT2D eigenvalue weighted by Crippen LogP contribution is -2.38. The van der Waals surface area contributed by atoms with E-state index in [9.17, 15) is 19.7 Å². The lowest BCUT2D eigenvalue weighted by atomic mass is 10.1. The van der Waals surface area contributed by atoms with Gasteiger partial charge in [0.15, 0.2) is 28.1 Å². The number of benzene rings is 3. The van der Waals surface area contributed by atoms with Crippen molar-refractivity contribution in [3.63, 3.8) is 0 Å². The Labute approximate surface area is 289 Å². The maximum atomic E-state index is 16.0. The molecular formula is C36H38FN7O7. The number of nitrogens with zero attached hydrogens (tertiary/aromatic N) is 4. The van der Waals surface area contributed by atoms with Gasteiger partial charge < -0.3 is 33.6 Å². The summed E-state index contributed by atoms with van der Waals surface area (Å²) in [6.07, 6.45) is 4.39. The van der Waals surface area contributed by atoms with Gasteiger partial charge in [-0.2, -0.15) is 0 Å². The zero-order valence-electron chi connectivity index (χ0n) is 28.1. The van der Waals surface area contributed by atoms with Gasteiger partial charge in [-0.05, 0) is 51.4 Å². The van der Waals surface area contributed by atoms with Gasteiger partial charge in [-0.15, -0.1) is 0 Å². The summed E-state index contributed by atoms with van der Waals surface area (Å²) in [5, 5.41) is 17.5. The monoisotopic (exact) mass is 699 g/mol. The molecule has 2 saturated heterocycles. The van der Waals surface area contributed by atoms with Crippen LogP contribution in [0.15, 0.2) is 56.2 Å². The molecule has 0 radical (unpaired) electrons. The number of morpholine rings is 1. The first kappa shape index (κ1) is 32.9. The van der Waals surface area contributed by atoms with Gasteiger partial charge >= 0.3 is 0 Å². The summed E-state index contributed by atoms with van der Waals surface area (Å²) < 4.78 is 35.7. The average Bonchev–Trinajstić information content (AvgIpc) is 3.54. The molecule has 8 rings (SSSR count). The minimum absolute atomic E-state index is 0.00873. The molecule has 1 unspecified atom stereocenters. The number of carbonyl (C=O) groups is 1. The molecule has 266 valence electrons. The van der Waals surface area contributed by atoms with Crippen molar-refractivity contribution in [2.24, 2.45) is 0 Å². The van der Waals surface area contributed by atoms with Gasteiger partial charge in [0.05, 0.1) is 46.1 Å². The molecule has 1 amide bonds. The molecular weight excluding hydrogens is 661 g/mol. The molecule has 14 nitrogen and oxygen atoms in total. The molecule has 2 aliphatic heterocycles. The zero-order chi connectivity index (χ0) is 35.2. The van der Waals surface area contributed by atoms with Crippen LogP contribution in [0.3, 0.4) is 0 Å².